The van der Waals surface area contributed by atoms with Crippen LogP contribution in [0.1, 0.15) is 6.92 Å². The van der Waals surface area contributed by atoms with Gasteiger partial charge in [0.2, 0.25) is 0 Å². The zero-order chi connectivity index (χ0) is 7.65. The second-order valence-electron chi connectivity index (χ2n) is 3.51. The Morgan fingerprint density at radius 3 is 1.67 bits per heavy atom. The molecular weight excluding hydrogens is 114 g/mol. The number of hydrogen-bond acceptors (Lipinski definition) is 1. The molecule has 0 spiro atoms. The van der Waals surface area contributed by atoms with Crippen LogP contribution >= 0.6 is 0 Å². The van der Waals surface area contributed by atoms with E-state index in [-0.39, 0.29) is 12.1 Å². The van der Waals surface area contributed by atoms with Gasteiger partial charge in [-0.15, -0.1) is 0 Å². The number of nitrogens with zero attached hydrogens (tertiary/aromatic N) is 1. The van der Waals surface area contributed by atoms with Crippen molar-refractivity contribution in [1.82, 2.24) is 0 Å². The second kappa shape index (κ2) is 2.67. The van der Waals surface area contributed by atoms with E-state index >= 15 is 0 Å². The molecule has 2 nitrogen and oxygen atoms in total. The van der Waals surface area contributed by atoms with Gasteiger partial charge in [-0.2, -0.15) is 0 Å². The van der Waals surface area contributed by atoms with Crippen molar-refractivity contribution >= 4 is 0 Å². The highest BCUT2D eigenvalue weighted by molar-refractivity contribution is 4.55. The maximum atomic E-state index is 9.37. The lowest BCUT2D eigenvalue weighted by molar-refractivity contribution is -0.922. The molecule has 9 heavy (non-hydrogen) atoms. The summed E-state index contributed by atoms with van der Waals surface area (Å²) >= 11 is 0. The maximum absolute atomic E-state index is 9.37. The van der Waals surface area contributed by atoms with Crippen LogP contribution < -0.4 is 0 Å². The fourth-order valence-electron chi connectivity index (χ4n) is 0.763. The van der Waals surface area contributed by atoms with Crippen LogP contribution in [0.3, 0.4) is 0 Å². The van der Waals surface area contributed by atoms with E-state index in [0.29, 0.717) is 4.48 Å². The summed E-state index contributed by atoms with van der Waals surface area (Å²) in [5.41, 5.74) is 0. The van der Waals surface area contributed by atoms with E-state index in [1.54, 1.807) is 0 Å². The van der Waals surface area contributed by atoms with Crippen LogP contribution in [0, 0.1) is 12.8 Å². The molecule has 2 heteroatoms. The molecule has 0 aliphatic rings. The van der Waals surface area contributed by atoms with E-state index in [1.165, 1.54) is 0 Å². The first-order chi connectivity index (χ1) is 3.85. The molecule has 0 aromatic carbocycles. The van der Waals surface area contributed by atoms with Crippen molar-refractivity contribution in [3.63, 3.8) is 0 Å². The van der Waals surface area contributed by atoms with Gasteiger partial charge in [0.1, 0.15) is 0 Å². The third kappa shape index (κ3) is 2.82. The Morgan fingerprint density at radius 2 is 1.67 bits per heavy atom. The molecule has 0 aliphatic carbocycles. The van der Waals surface area contributed by atoms with Crippen LogP contribution in [-0.2, 0) is 0 Å². The highest BCUT2D eigenvalue weighted by Gasteiger charge is 2.23. The summed E-state index contributed by atoms with van der Waals surface area (Å²) in [5, 5.41) is 9.37. The van der Waals surface area contributed by atoms with E-state index in [1.807, 2.05) is 28.1 Å². The molecule has 0 aromatic rings. The first kappa shape index (κ1) is 8.92. The summed E-state index contributed by atoms with van der Waals surface area (Å²) in [5.74, 6) is 0.0880. The van der Waals surface area contributed by atoms with Crippen molar-refractivity contribution in [1.29, 1.82) is 0 Å². The van der Waals surface area contributed by atoms with Gasteiger partial charge in [-0.25, -0.2) is 0 Å². The van der Waals surface area contributed by atoms with Crippen molar-refractivity contribution in [3.05, 3.63) is 6.92 Å². The molecule has 0 bridgehead atoms. The molecule has 2 unspecified atom stereocenters. The first-order valence-electron chi connectivity index (χ1n) is 3.18. The van der Waals surface area contributed by atoms with E-state index < -0.39 is 0 Å². The van der Waals surface area contributed by atoms with Gasteiger partial charge in [-0.1, -0.05) is 6.92 Å². The predicted molar refractivity (Wildman–Crippen MR) is 38.6 cm³/mol. The van der Waals surface area contributed by atoms with Crippen molar-refractivity contribution in [2.75, 3.05) is 21.1 Å². The van der Waals surface area contributed by atoms with Crippen LogP contribution in [0.15, 0.2) is 0 Å². The normalized spacial score (nSPS) is 16.3. The standard InChI is InChI=1S/C7H17NO/c1-6(2)7(9)8(3,4)5/h6-7,9H,1H2,2-5H3/q+1. The van der Waals surface area contributed by atoms with Crippen LogP contribution in [0.4, 0.5) is 0 Å². The molecule has 0 fully saturated rings. The highest BCUT2D eigenvalue weighted by Crippen LogP contribution is 2.08. The van der Waals surface area contributed by atoms with Crippen molar-refractivity contribution in [3.8, 4) is 0 Å². The van der Waals surface area contributed by atoms with Crippen LogP contribution in [0.2, 0.25) is 0 Å². The van der Waals surface area contributed by atoms with E-state index in [2.05, 4.69) is 6.92 Å². The molecule has 0 aliphatic heterocycles. The minimum Gasteiger partial charge on any atom is -0.345 e. The third-order valence-corrected chi connectivity index (χ3v) is 1.30. The summed E-state index contributed by atoms with van der Waals surface area (Å²) < 4.78 is 0.560. The number of aliphatic hydroxyl groups is 1. The molecule has 0 saturated heterocycles. The van der Waals surface area contributed by atoms with Crippen LogP contribution in [0.5, 0.6) is 0 Å². The molecule has 55 valence electrons. The SMILES string of the molecule is [CH2]C(C)C(O)[N+](C)(C)C. The van der Waals surface area contributed by atoms with Crippen molar-refractivity contribution in [2.24, 2.45) is 5.92 Å². The lowest BCUT2D eigenvalue weighted by Gasteiger charge is -2.32. The van der Waals surface area contributed by atoms with E-state index in [9.17, 15) is 5.11 Å². The summed E-state index contributed by atoms with van der Waals surface area (Å²) in [6.45, 7) is 5.65. The average Bonchev–Trinajstić information content (AvgIpc) is 1.62. The number of rotatable bonds is 2. The predicted octanol–water partition coefficient (Wildman–Crippen LogP) is 0.481. The van der Waals surface area contributed by atoms with Gasteiger partial charge in [-0.3, -0.25) is 0 Å². The van der Waals surface area contributed by atoms with Crippen molar-refractivity contribution in [2.45, 2.75) is 13.2 Å². The van der Waals surface area contributed by atoms with Gasteiger partial charge in [0.15, 0.2) is 6.23 Å². The molecule has 0 rings (SSSR count). The molecule has 0 aromatic heterocycles. The zero-order valence-corrected chi connectivity index (χ0v) is 6.76. The topological polar surface area (TPSA) is 20.2 Å². The van der Waals surface area contributed by atoms with Gasteiger partial charge in [0, 0.05) is 5.92 Å². The van der Waals surface area contributed by atoms with E-state index in [4.69, 9.17) is 0 Å². The number of aliphatic hydroxyl groups excluding tert-OH is 1. The van der Waals surface area contributed by atoms with Crippen LogP contribution in [-0.4, -0.2) is 37.0 Å². The Labute approximate surface area is 57.7 Å². The molecule has 0 saturated carbocycles. The molecule has 2 atom stereocenters. The molecule has 0 heterocycles. The molecule has 0 amide bonds. The smallest absolute Gasteiger partial charge is 0.192 e. The zero-order valence-electron chi connectivity index (χ0n) is 6.76. The monoisotopic (exact) mass is 131 g/mol. The fourth-order valence-corrected chi connectivity index (χ4v) is 0.763. The van der Waals surface area contributed by atoms with Gasteiger partial charge < -0.3 is 9.59 Å². The number of quaternary nitrogens is 1. The summed E-state index contributed by atoms with van der Waals surface area (Å²) in [4.78, 5) is 0. The van der Waals surface area contributed by atoms with Gasteiger partial charge in [-0.05, 0) is 6.92 Å². The number of hydrogen-bond donors (Lipinski definition) is 1. The Kier molecular flexibility index (Phi) is 2.65. The maximum Gasteiger partial charge on any atom is 0.192 e. The minimum absolute atomic E-state index is 0.0880. The summed E-state index contributed by atoms with van der Waals surface area (Å²) in [6.07, 6.45) is -0.356. The van der Waals surface area contributed by atoms with Crippen molar-refractivity contribution < 1.29 is 9.59 Å². The van der Waals surface area contributed by atoms with Crippen LogP contribution in [0.25, 0.3) is 0 Å². The minimum atomic E-state index is -0.356. The quantitative estimate of drug-likeness (QED) is 0.427. The average molecular weight is 131 g/mol. The Morgan fingerprint density at radius 1 is 1.33 bits per heavy atom. The largest absolute Gasteiger partial charge is 0.345 e. The fraction of sp³-hybridized carbons (Fsp3) is 0.857. The molecule has 1 radical (unpaired) electrons. The highest BCUT2D eigenvalue weighted by atomic mass is 16.3. The van der Waals surface area contributed by atoms with Gasteiger partial charge in [0.05, 0.1) is 21.1 Å². The van der Waals surface area contributed by atoms with Gasteiger partial charge in [0.25, 0.3) is 0 Å². The second-order valence-corrected chi connectivity index (χ2v) is 3.51. The van der Waals surface area contributed by atoms with Gasteiger partial charge >= 0.3 is 0 Å². The molecular formula is C7H17NO+. The Hall–Kier alpha value is -0.0800. The molecule has 1 N–H and O–H groups in total. The lowest BCUT2D eigenvalue weighted by atomic mass is 10.1. The van der Waals surface area contributed by atoms with E-state index in [0.717, 1.165) is 0 Å². The Balaban J connectivity index is 3.88. The first-order valence-corrected chi connectivity index (χ1v) is 3.18. The lowest BCUT2D eigenvalue weighted by Crippen LogP contribution is -2.47. The summed E-state index contributed by atoms with van der Waals surface area (Å²) in [6, 6.07) is 0. The third-order valence-electron chi connectivity index (χ3n) is 1.30. The Bertz CT molecular complexity index is 83.4. The summed E-state index contributed by atoms with van der Waals surface area (Å²) in [7, 11) is 5.85.